The van der Waals surface area contributed by atoms with Crippen LogP contribution in [-0.4, -0.2) is 27.6 Å². The van der Waals surface area contributed by atoms with E-state index in [2.05, 4.69) is 22.2 Å². The average molecular weight is 279 g/mol. The molecule has 0 atom stereocenters. The zero-order chi connectivity index (χ0) is 14.6. The number of hydrogen-bond acceptors (Lipinski definition) is 4. The van der Waals surface area contributed by atoms with Crippen LogP contribution in [0.1, 0.15) is 68.8 Å². The first-order valence-corrected chi connectivity index (χ1v) is 7.54. The number of nitrogens with one attached hydrogen (secondary N) is 1. The molecule has 1 aromatic rings. The molecule has 0 amide bonds. The summed E-state index contributed by atoms with van der Waals surface area (Å²) in [5.74, 6) is -0.681. The Balaban J connectivity index is 2.11. The highest BCUT2D eigenvalue weighted by atomic mass is 16.4. The number of rotatable bonds is 11. The Labute approximate surface area is 120 Å². The second-order valence-corrected chi connectivity index (χ2v) is 4.96. The molecule has 0 spiro atoms. The molecule has 1 heterocycles. The molecule has 112 valence electrons. The lowest BCUT2D eigenvalue weighted by atomic mass is 10.1. The van der Waals surface area contributed by atoms with Gasteiger partial charge in [0.2, 0.25) is 0 Å². The van der Waals surface area contributed by atoms with Crippen molar-refractivity contribution in [2.45, 2.75) is 58.3 Å². The van der Waals surface area contributed by atoms with Crippen molar-refractivity contribution in [3.8, 4) is 0 Å². The fourth-order valence-electron chi connectivity index (χ4n) is 2.09. The summed E-state index contributed by atoms with van der Waals surface area (Å²) in [6.07, 6.45) is 12.9. The second kappa shape index (κ2) is 10.2. The van der Waals surface area contributed by atoms with Gasteiger partial charge in [-0.15, -0.1) is 0 Å². The third kappa shape index (κ3) is 6.50. The molecule has 0 saturated heterocycles. The molecular formula is C15H25N3O2. The Kier molecular flexibility index (Phi) is 8.35. The molecule has 5 heteroatoms. The molecule has 0 aliphatic rings. The Hall–Kier alpha value is -1.65. The van der Waals surface area contributed by atoms with Gasteiger partial charge in [0.05, 0.1) is 0 Å². The predicted molar refractivity (Wildman–Crippen MR) is 80.1 cm³/mol. The summed E-state index contributed by atoms with van der Waals surface area (Å²) >= 11 is 0. The third-order valence-corrected chi connectivity index (χ3v) is 3.22. The molecular weight excluding hydrogens is 254 g/mol. The first kappa shape index (κ1) is 16.4. The Morgan fingerprint density at radius 1 is 1.05 bits per heavy atom. The second-order valence-electron chi connectivity index (χ2n) is 4.96. The summed E-state index contributed by atoms with van der Waals surface area (Å²) in [7, 11) is 0. The maximum atomic E-state index is 10.9. The van der Waals surface area contributed by atoms with Crippen molar-refractivity contribution in [3.63, 3.8) is 0 Å². The van der Waals surface area contributed by atoms with E-state index in [4.69, 9.17) is 5.11 Å². The molecule has 0 aromatic carbocycles. The molecule has 1 aromatic heterocycles. The summed E-state index contributed by atoms with van der Waals surface area (Å²) in [5, 5.41) is 12.0. The van der Waals surface area contributed by atoms with Crippen LogP contribution in [0.15, 0.2) is 12.4 Å². The standard InChI is InChI=1S/C15H25N3O2/c1-2-3-4-5-6-7-8-9-10-17-14-13(15(19)20)16-11-12-18-14/h11-12H,2-10H2,1H3,(H,17,18)(H,19,20). The van der Waals surface area contributed by atoms with Crippen LogP contribution in [0.4, 0.5) is 5.82 Å². The molecule has 0 unspecified atom stereocenters. The largest absolute Gasteiger partial charge is 0.476 e. The number of nitrogens with zero attached hydrogens (tertiary/aromatic N) is 2. The molecule has 0 radical (unpaired) electrons. The van der Waals surface area contributed by atoms with E-state index in [1.54, 1.807) is 0 Å². The Morgan fingerprint density at radius 3 is 2.30 bits per heavy atom. The number of carboxylic acid groups (broad SMARTS) is 1. The minimum absolute atomic E-state index is 0.00735. The lowest BCUT2D eigenvalue weighted by Gasteiger charge is -2.07. The maximum absolute atomic E-state index is 10.9. The number of carbonyl (C=O) groups is 1. The van der Waals surface area contributed by atoms with Crippen LogP contribution in [0.25, 0.3) is 0 Å². The Morgan fingerprint density at radius 2 is 1.65 bits per heavy atom. The molecule has 1 rings (SSSR count). The van der Waals surface area contributed by atoms with Crippen LogP contribution in [0.5, 0.6) is 0 Å². The molecule has 2 N–H and O–H groups in total. The van der Waals surface area contributed by atoms with E-state index in [1.165, 1.54) is 57.3 Å². The zero-order valence-corrected chi connectivity index (χ0v) is 12.3. The highest BCUT2D eigenvalue weighted by Gasteiger charge is 2.11. The van der Waals surface area contributed by atoms with Gasteiger partial charge in [0.1, 0.15) is 0 Å². The molecule has 5 nitrogen and oxygen atoms in total. The number of hydrogen-bond donors (Lipinski definition) is 2. The quantitative estimate of drug-likeness (QED) is 0.604. The molecule has 0 bridgehead atoms. The van der Waals surface area contributed by atoms with Crippen molar-refractivity contribution >= 4 is 11.8 Å². The minimum atomic E-state index is -1.04. The highest BCUT2D eigenvalue weighted by Crippen LogP contribution is 2.10. The summed E-state index contributed by atoms with van der Waals surface area (Å²) in [6.45, 7) is 2.97. The maximum Gasteiger partial charge on any atom is 0.358 e. The summed E-state index contributed by atoms with van der Waals surface area (Å²) in [5.41, 5.74) is -0.00735. The first-order valence-electron chi connectivity index (χ1n) is 7.54. The van der Waals surface area contributed by atoms with Crippen LogP contribution in [0, 0.1) is 0 Å². The lowest BCUT2D eigenvalue weighted by molar-refractivity contribution is 0.0691. The van der Waals surface area contributed by atoms with E-state index >= 15 is 0 Å². The van der Waals surface area contributed by atoms with Gasteiger partial charge in [-0.25, -0.2) is 14.8 Å². The smallest absolute Gasteiger partial charge is 0.358 e. The van der Waals surface area contributed by atoms with Gasteiger partial charge in [-0.1, -0.05) is 51.9 Å². The number of unbranched alkanes of at least 4 members (excludes halogenated alkanes) is 7. The summed E-state index contributed by atoms with van der Waals surface area (Å²) < 4.78 is 0. The van der Waals surface area contributed by atoms with Gasteiger partial charge in [0.15, 0.2) is 11.5 Å². The van der Waals surface area contributed by atoms with Crippen LogP contribution < -0.4 is 5.32 Å². The van der Waals surface area contributed by atoms with Gasteiger partial charge < -0.3 is 10.4 Å². The number of aromatic nitrogens is 2. The fourth-order valence-corrected chi connectivity index (χ4v) is 2.09. The Bertz CT molecular complexity index is 396. The SMILES string of the molecule is CCCCCCCCCCNc1nccnc1C(=O)O. The van der Waals surface area contributed by atoms with Crippen molar-refractivity contribution < 1.29 is 9.90 Å². The molecule has 0 fully saturated rings. The van der Waals surface area contributed by atoms with Crippen LogP contribution in [-0.2, 0) is 0 Å². The molecule has 20 heavy (non-hydrogen) atoms. The highest BCUT2D eigenvalue weighted by molar-refractivity contribution is 5.90. The molecule has 0 aliphatic carbocycles. The van der Waals surface area contributed by atoms with E-state index < -0.39 is 5.97 Å². The average Bonchev–Trinajstić information content (AvgIpc) is 2.46. The number of anilines is 1. The van der Waals surface area contributed by atoms with Gasteiger partial charge in [-0.2, -0.15) is 0 Å². The van der Waals surface area contributed by atoms with Crippen molar-refractivity contribution in [2.75, 3.05) is 11.9 Å². The third-order valence-electron chi connectivity index (χ3n) is 3.22. The van der Waals surface area contributed by atoms with E-state index in [-0.39, 0.29) is 5.69 Å². The van der Waals surface area contributed by atoms with E-state index in [0.29, 0.717) is 5.82 Å². The zero-order valence-electron chi connectivity index (χ0n) is 12.3. The van der Waals surface area contributed by atoms with Crippen LogP contribution in [0.3, 0.4) is 0 Å². The molecule has 0 aliphatic heterocycles. The monoisotopic (exact) mass is 279 g/mol. The van der Waals surface area contributed by atoms with Gasteiger partial charge in [0.25, 0.3) is 0 Å². The normalized spacial score (nSPS) is 10.4. The fraction of sp³-hybridized carbons (Fsp3) is 0.667. The van der Waals surface area contributed by atoms with E-state index in [1.807, 2.05) is 0 Å². The van der Waals surface area contributed by atoms with Gasteiger partial charge in [-0.05, 0) is 6.42 Å². The van der Waals surface area contributed by atoms with Crippen LogP contribution in [0.2, 0.25) is 0 Å². The molecule has 0 saturated carbocycles. The number of aromatic carboxylic acids is 1. The van der Waals surface area contributed by atoms with Gasteiger partial charge in [-0.3, -0.25) is 0 Å². The first-order chi connectivity index (χ1) is 9.75. The predicted octanol–water partition coefficient (Wildman–Crippen LogP) is 3.73. The summed E-state index contributed by atoms with van der Waals surface area (Å²) in [6, 6.07) is 0. The lowest BCUT2D eigenvalue weighted by Crippen LogP contribution is -2.11. The van der Waals surface area contributed by atoms with Crippen molar-refractivity contribution in [1.82, 2.24) is 9.97 Å². The van der Waals surface area contributed by atoms with E-state index in [9.17, 15) is 4.79 Å². The topological polar surface area (TPSA) is 75.1 Å². The van der Waals surface area contributed by atoms with Gasteiger partial charge in [0, 0.05) is 18.9 Å². The number of carboxylic acids is 1. The van der Waals surface area contributed by atoms with Crippen molar-refractivity contribution in [1.29, 1.82) is 0 Å². The van der Waals surface area contributed by atoms with Gasteiger partial charge >= 0.3 is 5.97 Å². The van der Waals surface area contributed by atoms with Crippen molar-refractivity contribution in [3.05, 3.63) is 18.1 Å². The van der Waals surface area contributed by atoms with Crippen molar-refractivity contribution in [2.24, 2.45) is 0 Å². The summed E-state index contributed by atoms with van der Waals surface area (Å²) in [4.78, 5) is 18.8. The van der Waals surface area contributed by atoms with Crippen LogP contribution >= 0.6 is 0 Å². The van der Waals surface area contributed by atoms with E-state index in [0.717, 1.165) is 13.0 Å². The minimum Gasteiger partial charge on any atom is -0.476 e.